The number of likely N-dealkylation sites (N-methyl/N-ethyl adjacent to an activating group) is 1. The van der Waals surface area contributed by atoms with Crippen LogP contribution in [0.5, 0.6) is 0 Å². The maximum Gasteiger partial charge on any atom is 0.152 e. The molecular formula is C36H38F6N2. The fraction of sp³-hybridized carbons (Fsp3) is 0.389. The molecule has 0 N–H and O–H groups in total. The van der Waals surface area contributed by atoms with Crippen molar-refractivity contribution in [2.45, 2.75) is 66.0 Å². The van der Waals surface area contributed by atoms with E-state index in [0.717, 1.165) is 17.2 Å². The number of hydrogen-bond acceptors (Lipinski definition) is 2. The molecule has 0 spiro atoms. The first kappa shape index (κ1) is 31.7. The van der Waals surface area contributed by atoms with Gasteiger partial charge in [0, 0.05) is 49.0 Å². The van der Waals surface area contributed by atoms with Crippen LogP contribution < -0.4 is 9.80 Å². The van der Waals surface area contributed by atoms with Gasteiger partial charge in [0.2, 0.25) is 0 Å². The summed E-state index contributed by atoms with van der Waals surface area (Å²) in [6.45, 7) is 12.4. The van der Waals surface area contributed by atoms with Gasteiger partial charge in [0.05, 0.1) is 11.4 Å². The van der Waals surface area contributed by atoms with Crippen LogP contribution in [-0.2, 0) is 11.8 Å². The van der Waals surface area contributed by atoms with Crippen LogP contribution in [0.2, 0.25) is 0 Å². The van der Waals surface area contributed by atoms with Crippen LogP contribution in [0.25, 0.3) is 16.8 Å². The van der Waals surface area contributed by atoms with Crippen LogP contribution in [0, 0.1) is 28.8 Å². The first-order valence-electron chi connectivity index (χ1n) is 14.7. The summed E-state index contributed by atoms with van der Waals surface area (Å²) in [7, 11) is 3.08. The largest absolute Gasteiger partial charge is 0.339 e. The third-order valence-electron chi connectivity index (χ3n) is 8.80. The van der Waals surface area contributed by atoms with Crippen molar-refractivity contribution in [2.75, 3.05) is 23.9 Å². The van der Waals surface area contributed by atoms with Crippen molar-refractivity contribution >= 4 is 33.9 Å². The lowest BCUT2D eigenvalue weighted by Crippen LogP contribution is -2.28. The average Bonchev–Trinajstić information content (AvgIpc) is 2.88. The molecule has 2 aliphatic rings. The van der Waals surface area contributed by atoms with Crippen LogP contribution >= 0.6 is 0 Å². The SMILES string of the molecule is CN(C1=C(F)CC(F)C=C1F)c1c2c(c(N(C)c3c(F)cc(F)cc3F)c3cc(C(C)(C)C)ccc13)C=CC(C(C)(C)C)C2. The molecule has 0 aliphatic heterocycles. The maximum absolute atomic E-state index is 15.3. The zero-order chi connectivity index (χ0) is 32.5. The number of fused-ring (bicyclic) bond motifs is 2. The van der Waals surface area contributed by atoms with Crippen LogP contribution in [0.4, 0.5) is 43.4 Å². The molecule has 234 valence electrons. The highest BCUT2D eigenvalue weighted by Crippen LogP contribution is 2.51. The van der Waals surface area contributed by atoms with E-state index in [1.54, 1.807) is 7.05 Å². The summed E-state index contributed by atoms with van der Waals surface area (Å²) in [5, 5.41) is 1.19. The van der Waals surface area contributed by atoms with E-state index in [9.17, 15) is 8.78 Å². The van der Waals surface area contributed by atoms with E-state index in [1.165, 1.54) is 16.8 Å². The van der Waals surface area contributed by atoms with E-state index in [4.69, 9.17) is 0 Å². The van der Waals surface area contributed by atoms with Crippen molar-refractivity contribution in [2.24, 2.45) is 11.3 Å². The van der Waals surface area contributed by atoms with Gasteiger partial charge in [0.1, 0.15) is 35.0 Å². The van der Waals surface area contributed by atoms with E-state index < -0.39 is 47.4 Å². The minimum Gasteiger partial charge on any atom is -0.339 e. The van der Waals surface area contributed by atoms with Crippen LogP contribution in [0.15, 0.2) is 59.8 Å². The van der Waals surface area contributed by atoms with Crippen molar-refractivity contribution in [3.05, 3.63) is 94.0 Å². The number of rotatable bonds is 4. The average molecular weight is 613 g/mol. The Morgan fingerprint density at radius 3 is 1.95 bits per heavy atom. The van der Waals surface area contributed by atoms with Crippen molar-refractivity contribution in [3.8, 4) is 0 Å². The van der Waals surface area contributed by atoms with Gasteiger partial charge in [-0.05, 0) is 46.4 Å². The topological polar surface area (TPSA) is 6.48 Å². The van der Waals surface area contributed by atoms with Gasteiger partial charge in [0.25, 0.3) is 0 Å². The van der Waals surface area contributed by atoms with E-state index in [1.807, 2.05) is 45.0 Å². The van der Waals surface area contributed by atoms with Gasteiger partial charge in [-0.25, -0.2) is 26.3 Å². The Bertz CT molecular complexity index is 1720. The smallest absolute Gasteiger partial charge is 0.152 e. The predicted octanol–water partition coefficient (Wildman–Crippen LogP) is 10.8. The van der Waals surface area contributed by atoms with Gasteiger partial charge in [-0.15, -0.1) is 0 Å². The van der Waals surface area contributed by atoms with Gasteiger partial charge in [-0.3, -0.25) is 0 Å². The summed E-state index contributed by atoms with van der Waals surface area (Å²) in [6, 6.07) is 7.01. The molecule has 0 amide bonds. The number of allylic oxidation sites excluding steroid dienone is 4. The second-order valence-corrected chi connectivity index (χ2v) is 14.0. The fourth-order valence-electron chi connectivity index (χ4n) is 6.33. The van der Waals surface area contributed by atoms with Gasteiger partial charge in [-0.2, -0.15) is 0 Å². The van der Waals surface area contributed by atoms with Crippen molar-refractivity contribution in [1.29, 1.82) is 0 Å². The summed E-state index contributed by atoms with van der Waals surface area (Å²) >= 11 is 0. The van der Waals surface area contributed by atoms with Gasteiger partial charge < -0.3 is 9.80 Å². The third kappa shape index (κ3) is 5.52. The molecule has 3 aromatic carbocycles. The minimum atomic E-state index is -1.77. The maximum atomic E-state index is 15.3. The first-order chi connectivity index (χ1) is 20.4. The van der Waals surface area contributed by atoms with Crippen LogP contribution in [0.1, 0.15) is 64.7 Å². The van der Waals surface area contributed by atoms with E-state index in [-0.39, 0.29) is 22.4 Å². The highest BCUT2D eigenvalue weighted by Gasteiger charge is 2.35. The molecule has 0 heterocycles. The lowest BCUT2D eigenvalue weighted by Gasteiger charge is -2.38. The van der Waals surface area contributed by atoms with Crippen molar-refractivity contribution in [3.63, 3.8) is 0 Å². The van der Waals surface area contributed by atoms with E-state index >= 15 is 17.6 Å². The molecule has 0 saturated heterocycles. The Morgan fingerprint density at radius 1 is 0.750 bits per heavy atom. The molecule has 0 radical (unpaired) electrons. The molecule has 0 saturated carbocycles. The lowest BCUT2D eigenvalue weighted by atomic mass is 9.72. The lowest BCUT2D eigenvalue weighted by molar-refractivity contribution is 0.291. The number of hydrogen-bond donors (Lipinski definition) is 0. The van der Waals surface area contributed by atoms with E-state index in [2.05, 4.69) is 26.8 Å². The molecule has 2 aliphatic carbocycles. The Hall–Kier alpha value is -3.68. The van der Waals surface area contributed by atoms with Crippen LogP contribution in [-0.4, -0.2) is 20.3 Å². The van der Waals surface area contributed by atoms with Crippen LogP contribution in [0.3, 0.4) is 0 Å². The zero-order valence-electron chi connectivity index (χ0n) is 26.3. The third-order valence-corrected chi connectivity index (χ3v) is 8.80. The molecule has 0 fully saturated rings. The summed E-state index contributed by atoms with van der Waals surface area (Å²) in [4.78, 5) is 2.82. The Labute approximate surface area is 255 Å². The van der Waals surface area contributed by atoms with Gasteiger partial charge in [-0.1, -0.05) is 65.8 Å². The number of alkyl halides is 1. The predicted molar refractivity (Wildman–Crippen MR) is 168 cm³/mol. The van der Waals surface area contributed by atoms with E-state index in [0.29, 0.717) is 46.3 Å². The molecule has 2 atom stereocenters. The molecule has 3 aromatic rings. The molecule has 44 heavy (non-hydrogen) atoms. The Morgan fingerprint density at radius 2 is 1.39 bits per heavy atom. The zero-order valence-corrected chi connectivity index (χ0v) is 26.3. The fourth-order valence-corrected chi connectivity index (χ4v) is 6.33. The Kier molecular flexibility index (Phi) is 7.96. The highest BCUT2D eigenvalue weighted by atomic mass is 19.2. The van der Waals surface area contributed by atoms with Crippen molar-refractivity contribution in [1.82, 2.24) is 0 Å². The first-order valence-corrected chi connectivity index (χ1v) is 14.7. The molecule has 2 nitrogen and oxygen atoms in total. The summed E-state index contributed by atoms with van der Waals surface area (Å²) in [6.07, 6.45) is 2.85. The molecular weight excluding hydrogens is 574 g/mol. The second kappa shape index (κ2) is 11.0. The molecule has 5 rings (SSSR count). The van der Waals surface area contributed by atoms with Gasteiger partial charge in [0.15, 0.2) is 11.6 Å². The summed E-state index contributed by atoms with van der Waals surface area (Å²) < 4.78 is 89.2. The number of nitrogens with zero attached hydrogens (tertiary/aromatic N) is 2. The number of anilines is 3. The number of halogens is 6. The highest BCUT2D eigenvalue weighted by molar-refractivity contribution is 6.09. The molecule has 2 unspecified atom stereocenters. The second-order valence-electron chi connectivity index (χ2n) is 14.0. The molecule has 8 heteroatoms. The normalized spacial score (nSPS) is 18.9. The molecule has 0 aromatic heterocycles. The van der Waals surface area contributed by atoms with Crippen molar-refractivity contribution < 1.29 is 26.3 Å². The summed E-state index contributed by atoms with van der Waals surface area (Å²) in [5.41, 5.74) is 2.02. The minimum absolute atomic E-state index is 0.0201. The van der Waals surface area contributed by atoms with Gasteiger partial charge >= 0.3 is 0 Å². The monoisotopic (exact) mass is 612 g/mol. The molecule has 0 bridgehead atoms. The Balaban J connectivity index is 1.92. The summed E-state index contributed by atoms with van der Waals surface area (Å²) in [5.74, 6) is -5.02. The standard InChI is InChI=1S/C36H38F6N2/c1-35(2,3)19-9-11-23-25(13-19)31(43(7)33-27(39)15-21(37)16-28(33)40)24-12-10-20(36(4,5)6)14-26(24)32(23)44(8)34-29(41)17-22(38)18-30(34)42/h9-13,15-17,20,22H,14,18H2,1-8H3. The quantitative estimate of drug-likeness (QED) is 0.214. The number of benzene rings is 3.